The van der Waals surface area contributed by atoms with Crippen LogP contribution in [-0.2, 0) is 4.79 Å². The quantitative estimate of drug-likeness (QED) is 0.620. The number of nitrogens with zero attached hydrogens (tertiary/aromatic N) is 2. The van der Waals surface area contributed by atoms with Crippen LogP contribution in [0.4, 0.5) is 4.39 Å². The lowest BCUT2D eigenvalue weighted by atomic mass is 9.97. The van der Waals surface area contributed by atoms with Crippen LogP contribution in [0.5, 0.6) is 5.88 Å². The van der Waals surface area contributed by atoms with E-state index in [9.17, 15) is 9.18 Å². The van der Waals surface area contributed by atoms with Gasteiger partial charge in [-0.15, -0.1) is 0 Å². The first kappa shape index (κ1) is 14.9. The van der Waals surface area contributed by atoms with Crippen molar-refractivity contribution in [2.45, 2.75) is 5.92 Å². The van der Waals surface area contributed by atoms with E-state index >= 15 is 0 Å². The molecule has 0 bridgehead atoms. The number of ether oxygens (including phenoxy) is 1. The number of carbonyl (C=O) groups excluding carboxylic acids is 1. The second-order valence-corrected chi connectivity index (χ2v) is 5.11. The molecule has 0 amide bonds. The Morgan fingerprint density at radius 2 is 2.10 bits per heavy atom. The van der Waals surface area contributed by atoms with Gasteiger partial charge in [0.2, 0.25) is 5.88 Å². The molecule has 0 aliphatic carbocycles. The molecule has 20 heavy (non-hydrogen) atoms. The molecule has 104 valence electrons. The number of methoxy groups -OCH3 is 1. The predicted octanol–water partition coefficient (Wildman–Crippen LogP) is 3.37. The molecule has 0 fully saturated rings. The molecular formula is C13H9BrClFN2O2. The molecule has 2 aromatic rings. The van der Waals surface area contributed by atoms with E-state index < -0.39 is 11.7 Å². The number of rotatable bonds is 4. The standard InChI is InChI=1S/C13H9BrClFN2O2/c1-20-13-12(17-2-3-18-13)8(6-19)7-4-9(14)11(16)5-10(7)15/h2-6,8H,1H3. The van der Waals surface area contributed by atoms with Gasteiger partial charge in [0.25, 0.3) is 0 Å². The van der Waals surface area contributed by atoms with Crippen molar-refractivity contribution in [2.24, 2.45) is 0 Å². The summed E-state index contributed by atoms with van der Waals surface area (Å²) in [6.45, 7) is 0. The molecule has 0 aliphatic rings. The monoisotopic (exact) mass is 358 g/mol. The van der Waals surface area contributed by atoms with Crippen molar-refractivity contribution >= 4 is 33.8 Å². The van der Waals surface area contributed by atoms with E-state index in [1.807, 2.05) is 0 Å². The van der Waals surface area contributed by atoms with Gasteiger partial charge in [-0.3, -0.25) is 4.98 Å². The maximum Gasteiger partial charge on any atom is 0.236 e. The normalized spacial score (nSPS) is 12.0. The highest BCUT2D eigenvalue weighted by atomic mass is 79.9. The SMILES string of the molecule is COc1nccnc1C(C=O)c1cc(Br)c(F)cc1Cl. The van der Waals surface area contributed by atoms with Gasteiger partial charge in [0, 0.05) is 17.4 Å². The Kier molecular flexibility index (Phi) is 4.67. The van der Waals surface area contributed by atoms with Crippen LogP contribution in [0.15, 0.2) is 29.0 Å². The molecule has 0 aliphatic heterocycles. The molecule has 1 atom stereocenters. The molecule has 0 saturated carbocycles. The average molecular weight is 360 g/mol. The van der Waals surface area contributed by atoms with Crippen molar-refractivity contribution in [3.63, 3.8) is 0 Å². The molecule has 0 saturated heterocycles. The third-order valence-electron chi connectivity index (χ3n) is 2.69. The number of benzene rings is 1. The van der Waals surface area contributed by atoms with E-state index in [2.05, 4.69) is 25.9 Å². The minimum Gasteiger partial charge on any atom is -0.480 e. The van der Waals surface area contributed by atoms with Crippen molar-refractivity contribution in [3.05, 3.63) is 51.1 Å². The second-order valence-electron chi connectivity index (χ2n) is 3.85. The van der Waals surface area contributed by atoms with Gasteiger partial charge in [0.1, 0.15) is 17.8 Å². The Balaban J connectivity index is 2.58. The van der Waals surface area contributed by atoms with Crippen LogP contribution in [0.3, 0.4) is 0 Å². The van der Waals surface area contributed by atoms with Crippen molar-refractivity contribution in [1.82, 2.24) is 9.97 Å². The number of aromatic nitrogens is 2. The van der Waals surface area contributed by atoms with Gasteiger partial charge in [0.15, 0.2) is 0 Å². The Bertz CT molecular complexity index is 654. The predicted molar refractivity (Wildman–Crippen MR) is 75.6 cm³/mol. The number of hydrogen-bond donors (Lipinski definition) is 0. The highest BCUT2D eigenvalue weighted by Crippen LogP contribution is 2.34. The lowest BCUT2D eigenvalue weighted by molar-refractivity contribution is -0.108. The van der Waals surface area contributed by atoms with Gasteiger partial charge in [-0.2, -0.15) is 0 Å². The number of aldehydes is 1. The molecule has 1 heterocycles. The van der Waals surface area contributed by atoms with Gasteiger partial charge in [0.05, 0.1) is 17.5 Å². The second kappa shape index (κ2) is 6.28. The number of hydrogen-bond acceptors (Lipinski definition) is 4. The summed E-state index contributed by atoms with van der Waals surface area (Å²) in [5.74, 6) is -1.07. The highest BCUT2D eigenvalue weighted by molar-refractivity contribution is 9.10. The van der Waals surface area contributed by atoms with Crippen molar-refractivity contribution < 1.29 is 13.9 Å². The molecule has 1 unspecified atom stereocenters. The summed E-state index contributed by atoms with van der Waals surface area (Å²) in [6.07, 6.45) is 3.56. The van der Waals surface area contributed by atoms with Gasteiger partial charge < -0.3 is 9.53 Å². The van der Waals surface area contributed by atoms with E-state index in [0.29, 0.717) is 17.5 Å². The van der Waals surface area contributed by atoms with Gasteiger partial charge >= 0.3 is 0 Å². The van der Waals surface area contributed by atoms with Crippen LogP contribution in [0.1, 0.15) is 17.2 Å². The molecule has 2 rings (SSSR count). The summed E-state index contributed by atoms with van der Waals surface area (Å²) in [4.78, 5) is 19.5. The first-order valence-electron chi connectivity index (χ1n) is 5.53. The molecule has 7 heteroatoms. The van der Waals surface area contributed by atoms with E-state index in [4.69, 9.17) is 16.3 Å². The Morgan fingerprint density at radius 3 is 2.75 bits per heavy atom. The smallest absolute Gasteiger partial charge is 0.236 e. The Hall–Kier alpha value is -1.53. The summed E-state index contributed by atoms with van der Waals surface area (Å²) < 4.78 is 18.7. The minimum atomic E-state index is -0.789. The van der Waals surface area contributed by atoms with Crippen molar-refractivity contribution in [2.75, 3.05) is 7.11 Å². The maximum atomic E-state index is 13.4. The Morgan fingerprint density at radius 1 is 1.40 bits per heavy atom. The van der Waals surface area contributed by atoms with Gasteiger partial charge in [-0.1, -0.05) is 11.6 Å². The Labute approximate surface area is 128 Å². The fourth-order valence-electron chi connectivity index (χ4n) is 1.77. The van der Waals surface area contributed by atoms with Crippen LogP contribution < -0.4 is 4.74 Å². The lowest BCUT2D eigenvalue weighted by Crippen LogP contribution is -2.09. The summed E-state index contributed by atoms with van der Waals surface area (Å²) in [5, 5.41) is 0.135. The lowest BCUT2D eigenvalue weighted by Gasteiger charge is -2.14. The molecule has 0 spiro atoms. The third-order valence-corrected chi connectivity index (χ3v) is 3.62. The minimum absolute atomic E-state index is 0.135. The summed E-state index contributed by atoms with van der Waals surface area (Å²) in [5.41, 5.74) is 0.749. The fraction of sp³-hybridized carbons (Fsp3) is 0.154. The van der Waals surface area contributed by atoms with E-state index in [-0.39, 0.29) is 15.4 Å². The molecule has 0 radical (unpaired) electrons. The summed E-state index contributed by atoms with van der Waals surface area (Å²) in [7, 11) is 1.43. The highest BCUT2D eigenvalue weighted by Gasteiger charge is 2.23. The maximum absolute atomic E-state index is 13.4. The fourth-order valence-corrected chi connectivity index (χ4v) is 2.40. The summed E-state index contributed by atoms with van der Waals surface area (Å²) >= 11 is 9.08. The van der Waals surface area contributed by atoms with Crippen LogP contribution in [0.2, 0.25) is 5.02 Å². The largest absolute Gasteiger partial charge is 0.480 e. The van der Waals surface area contributed by atoms with Crippen LogP contribution >= 0.6 is 27.5 Å². The molecule has 0 N–H and O–H groups in total. The van der Waals surface area contributed by atoms with E-state index in [1.165, 1.54) is 25.6 Å². The van der Waals surface area contributed by atoms with Gasteiger partial charge in [-0.25, -0.2) is 9.37 Å². The zero-order valence-corrected chi connectivity index (χ0v) is 12.7. The van der Waals surface area contributed by atoms with Crippen molar-refractivity contribution in [1.29, 1.82) is 0 Å². The molecule has 1 aromatic carbocycles. The van der Waals surface area contributed by atoms with Gasteiger partial charge in [-0.05, 0) is 33.6 Å². The van der Waals surface area contributed by atoms with Crippen molar-refractivity contribution in [3.8, 4) is 5.88 Å². The molecular weight excluding hydrogens is 351 g/mol. The van der Waals surface area contributed by atoms with E-state index in [0.717, 1.165) is 6.07 Å². The van der Waals surface area contributed by atoms with E-state index in [1.54, 1.807) is 0 Å². The first-order valence-corrected chi connectivity index (χ1v) is 6.70. The third kappa shape index (κ3) is 2.81. The zero-order valence-electron chi connectivity index (χ0n) is 10.3. The van der Waals surface area contributed by atoms with Crippen LogP contribution in [-0.4, -0.2) is 23.4 Å². The topological polar surface area (TPSA) is 52.1 Å². The first-order chi connectivity index (χ1) is 9.58. The average Bonchev–Trinajstić information content (AvgIpc) is 2.45. The number of halogens is 3. The molecule has 4 nitrogen and oxygen atoms in total. The number of carbonyl (C=O) groups is 1. The van der Waals surface area contributed by atoms with Crippen LogP contribution in [0, 0.1) is 5.82 Å². The zero-order chi connectivity index (χ0) is 14.7. The van der Waals surface area contributed by atoms with Crippen LogP contribution in [0.25, 0.3) is 0 Å². The molecule has 1 aromatic heterocycles. The summed E-state index contributed by atoms with van der Waals surface area (Å²) in [6, 6.07) is 2.59.